The first kappa shape index (κ1) is 8.05. The van der Waals surface area contributed by atoms with Crippen molar-refractivity contribution in [3.63, 3.8) is 0 Å². The molecule has 1 heterocycles. The van der Waals surface area contributed by atoms with Crippen LogP contribution >= 0.6 is 0 Å². The average Bonchev–Trinajstić information content (AvgIpc) is 2.48. The van der Waals surface area contributed by atoms with Crippen molar-refractivity contribution in [1.29, 1.82) is 0 Å². The van der Waals surface area contributed by atoms with E-state index in [9.17, 15) is 0 Å². The second-order valence-electron chi connectivity index (χ2n) is 3.32. The van der Waals surface area contributed by atoms with Crippen LogP contribution in [0.25, 0.3) is 10.9 Å². The Morgan fingerprint density at radius 1 is 1.46 bits per heavy atom. The maximum Gasteiger partial charge on any atom is 0.0686 e. The molecule has 0 aliphatic rings. The van der Waals surface area contributed by atoms with Gasteiger partial charge in [0, 0.05) is 5.39 Å². The molecule has 0 spiro atoms. The molecule has 1 aromatic carbocycles. The van der Waals surface area contributed by atoms with Gasteiger partial charge in [-0.15, -0.1) is 0 Å². The molecule has 0 unspecified atom stereocenters. The van der Waals surface area contributed by atoms with Gasteiger partial charge >= 0.3 is 0 Å². The fourth-order valence-electron chi connectivity index (χ4n) is 1.41. The third-order valence-corrected chi connectivity index (χ3v) is 1.97. The van der Waals surface area contributed by atoms with Crippen molar-refractivity contribution in [3.8, 4) is 0 Å². The first-order valence-corrected chi connectivity index (χ1v) is 4.32. The van der Waals surface area contributed by atoms with Crippen molar-refractivity contribution in [2.24, 2.45) is 0 Å². The smallest absolute Gasteiger partial charge is 0.0686 e. The van der Waals surface area contributed by atoms with Crippen molar-refractivity contribution in [1.82, 2.24) is 9.78 Å². The maximum atomic E-state index is 4.29. The molecule has 0 amide bonds. The number of fused-ring (bicyclic) bond motifs is 1. The van der Waals surface area contributed by atoms with Gasteiger partial charge in [-0.05, 0) is 13.0 Å². The predicted octanol–water partition coefficient (Wildman–Crippen LogP) is 2.61. The maximum absolute atomic E-state index is 4.29. The Kier molecular flexibility index (Phi) is 1.89. The van der Waals surface area contributed by atoms with E-state index in [0.29, 0.717) is 0 Å². The van der Waals surface area contributed by atoms with E-state index in [1.54, 1.807) is 0 Å². The van der Waals surface area contributed by atoms with Gasteiger partial charge in [0.1, 0.15) is 0 Å². The molecule has 0 saturated heterocycles. The molecule has 0 radical (unpaired) electrons. The lowest BCUT2D eigenvalue weighted by molar-refractivity contribution is 0.703. The van der Waals surface area contributed by atoms with Crippen LogP contribution in [-0.2, 0) is 6.54 Å². The number of nitrogens with zero attached hydrogens (tertiary/aromatic N) is 2. The summed E-state index contributed by atoms with van der Waals surface area (Å²) in [5, 5.41) is 5.48. The summed E-state index contributed by atoms with van der Waals surface area (Å²) in [6.45, 7) is 6.69. The number of hydrogen-bond acceptors (Lipinski definition) is 1. The van der Waals surface area contributed by atoms with Gasteiger partial charge in [-0.25, -0.2) is 0 Å². The number of para-hydroxylation sites is 1. The van der Waals surface area contributed by atoms with E-state index >= 15 is 0 Å². The lowest BCUT2D eigenvalue weighted by atomic mass is 10.2. The fraction of sp³-hybridized carbons (Fsp3) is 0.182. The van der Waals surface area contributed by atoms with E-state index in [1.165, 1.54) is 10.9 Å². The van der Waals surface area contributed by atoms with Crippen LogP contribution in [0.1, 0.15) is 6.92 Å². The highest BCUT2D eigenvalue weighted by molar-refractivity contribution is 5.78. The molecule has 66 valence electrons. The molecule has 0 saturated carbocycles. The van der Waals surface area contributed by atoms with Crippen molar-refractivity contribution in [3.05, 3.63) is 42.6 Å². The van der Waals surface area contributed by atoms with Gasteiger partial charge < -0.3 is 0 Å². The fourth-order valence-corrected chi connectivity index (χ4v) is 1.41. The largest absolute Gasteiger partial charge is 0.261 e. The number of benzene rings is 1. The molecule has 2 heteroatoms. The second kappa shape index (κ2) is 3.05. The van der Waals surface area contributed by atoms with E-state index in [1.807, 2.05) is 29.9 Å². The van der Waals surface area contributed by atoms with E-state index in [2.05, 4.69) is 23.8 Å². The number of hydrogen-bond donors (Lipinski definition) is 0. The van der Waals surface area contributed by atoms with Crippen LogP contribution in [0.3, 0.4) is 0 Å². The van der Waals surface area contributed by atoms with Crippen LogP contribution in [0.15, 0.2) is 42.6 Å². The van der Waals surface area contributed by atoms with Crippen LogP contribution in [0, 0.1) is 0 Å². The van der Waals surface area contributed by atoms with E-state index in [-0.39, 0.29) is 0 Å². The predicted molar refractivity (Wildman–Crippen MR) is 54.5 cm³/mol. The lowest BCUT2D eigenvalue weighted by Crippen LogP contribution is -1.99. The Hall–Kier alpha value is -1.57. The van der Waals surface area contributed by atoms with Crippen LogP contribution in [-0.4, -0.2) is 9.78 Å². The molecule has 2 aromatic rings. The first-order valence-electron chi connectivity index (χ1n) is 4.32. The highest BCUT2D eigenvalue weighted by Gasteiger charge is 1.99. The zero-order chi connectivity index (χ0) is 9.26. The molecule has 0 aliphatic heterocycles. The number of allylic oxidation sites excluding steroid dienone is 1. The van der Waals surface area contributed by atoms with Crippen molar-refractivity contribution in [2.45, 2.75) is 13.5 Å². The molecule has 2 nitrogen and oxygen atoms in total. The Labute approximate surface area is 77.5 Å². The first-order chi connectivity index (χ1) is 6.27. The lowest BCUT2D eigenvalue weighted by Gasteiger charge is -2.01. The summed E-state index contributed by atoms with van der Waals surface area (Å²) in [5.41, 5.74) is 2.29. The summed E-state index contributed by atoms with van der Waals surface area (Å²) in [7, 11) is 0. The van der Waals surface area contributed by atoms with Gasteiger partial charge in [-0.3, -0.25) is 4.68 Å². The molecule has 0 bridgehead atoms. The normalized spacial score (nSPS) is 10.5. The molecule has 1 aromatic heterocycles. The molecule has 13 heavy (non-hydrogen) atoms. The van der Waals surface area contributed by atoms with Gasteiger partial charge in [0.15, 0.2) is 0 Å². The molecule has 0 fully saturated rings. The summed E-state index contributed by atoms with van der Waals surface area (Å²) < 4.78 is 1.97. The van der Waals surface area contributed by atoms with E-state index < -0.39 is 0 Å². The molecule has 0 N–H and O–H groups in total. The van der Waals surface area contributed by atoms with Gasteiger partial charge in [0.05, 0.1) is 18.3 Å². The van der Waals surface area contributed by atoms with Crippen molar-refractivity contribution >= 4 is 10.9 Å². The highest BCUT2D eigenvalue weighted by Crippen LogP contribution is 2.13. The van der Waals surface area contributed by atoms with E-state index in [4.69, 9.17) is 0 Å². The quantitative estimate of drug-likeness (QED) is 0.637. The minimum atomic E-state index is 0.799. The summed E-state index contributed by atoms with van der Waals surface area (Å²) >= 11 is 0. The summed E-state index contributed by atoms with van der Waals surface area (Å²) in [5.74, 6) is 0. The zero-order valence-electron chi connectivity index (χ0n) is 7.70. The molecular weight excluding hydrogens is 160 g/mol. The SMILES string of the molecule is C=C(C)Cn1ncc2ccccc21. The average molecular weight is 172 g/mol. The topological polar surface area (TPSA) is 17.8 Å². The Morgan fingerprint density at radius 3 is 3.00 bits per heavy atom. The van der Waals surface area contributed by atoms with E-state index in [0.717, 1.165) is 12.1 Å². The highest BCUT2D eigenvalue weighted by atomic mass is 15.3. The van der Waals surface area contributed by atoms with Gasteiger partial charge in [-0.1, -0.05) is 30.4 Å². The molecule has 0 atom stereocenters. The second-order valence-corrected chi connectivity index (χ2v) is 3.32. The molecule has 2 rings (SSSR count). The number of aromatic nitrogens is 2. The third kappa shape index (κ3) is 1.47. The van der Waals surface area contributed by atoms with Crippen molar-refractivity contribution in [2.75, 3.05) is 0 Å². The van der Waals surface area contributed by atoms with Gasteiger partial charge in [-0.2, -0.15) is 5.10 Å². The summed E-state index contributed by atoms with van der Waals surface area (Å²) in [4.78, 5) is 0. The Bertz CT molecular complexity index is 440. The Balaban J connectivity index is 2.51. The van der Waals surface area contributed by atoms with Crippen LogP contribution in [0.5, 0.6) is 0 Å². The van der Waals surface area contributed by atoms with Crippen LogP contribution in [0.2, 0.25) is 0 Å². The van der Waals surface area contributed by atoms with Gasteiger partial charge in [0.2, 0.25) is 0 Å². The summed E-state index contributed by atoms with van der Waals surface area (Å²) in [6.07, 6.45) is 1.89. The monoisotopic (exact) mass is 172 g/mol. The standard InChI is InChI=1S/C11H12N2/c1-9(2)8-13-11-6-4-3-5-10(11)7-12-13/h3-7H,1,8H2,2H3. The van der Waals surface area contributed by atoms with Crippen LogP contribution < -0.4 is 0 Å². The minimum Gasteiger partial charge on any atom is -0.261 e. The summed E-state index contributed by atoms with van der Waals surface area (Å²) in [6, 6.07) is 8.19. The third-order valence-electron chi connectivity index (χ3n) is 1.97. The molecule has 0 aliphatic carbocycles. The van der Waals surface area contributed by atoms with Crippen LogP contribution in [0.4, 0.5) is 0 Å². The molecular formula is C11H12N2. The van der Waals surface area contributed by atoms with Crippen molar-refractivity contribution < 1.29 is 0 Å². The Morgan fingerprint density at radius 2 is 2.23 bits per heavy atom. The number of rotatable bonds is 2. The minimum absolute atomic E-state index is 0.799. The van der Waals surface area contributed by atoms with Gasteiger partial charge in [0.25, 0.3) is 0 Å². The zero-order valence-corrected chi connectivity index (χ0v) is 7.70.